The Labute approximate surface area is 218 Å². The molecule has 0 aliphatic carbocycles. The van der Waals surface area contributed by atoms with Gasteiger partial charge in [-0.1, -0.05) is 40.9 Å². The van der Waals surface area contributed by atoms with Crippen LogP contribution in [0.15, 0.2) is 35.2 Å². The first-order valence-corrected chi connectivity index (χ1v) is 12.8. The number of benzene rings is 2. The van der Waals surface area contributed by atoms with E-state index in [1.165, 1.54) is 24.3 Å². The van der Waals surface area contributed by atoms with Gasteiger partial charge in [0.25, 0.3) is 0 Å². The zero-order chi connectivity index (χ0) is 26.4. The molecular formula is C21H25Cl3N4O6S. The van der Waals surface area contributed by atoms with Gasteiger partial charge in [-0.2, -0.15) is 0 Å². The highest BCUT2D eigenvalue weighted by Gasteiger charge is 2.25. The van der Waals surface area contributed by atoms with Gasteiger partial charge in [-0.15, -0.1) is 0 Å². The number of hydrogen-bond acceptors (Lipinski definition) is 6. The van der Waals surface area contributed by atoms with Crippen molar-refractivity contribution in [3.05, 3.63) is 45.4 Å². The summed E-state index contributed by atoms with van der Waals surface area (Å²) in [6.07, 6.45) is -0.394. The summed E-state index contributed by atoms with van der Waals surface area (Å²) in [4.78, 5) is 23.4. The summed E-state index contributed by atoms with van der Waals surface area (Å²) < 4.78 is 32.9. The van der Waals surface area contributed by atoms with Crippen LogP contribution in [0.25, 0.3) is 0 Å². The summed E-state index contributed by atoms with van der Waals surface area (Å²) in [5.41, 5.74) is -0.660. The Hall–Kier alpha value is -2.44. The van der Waals surface area contributed by atoms with Crippen LogP contribution >= 0.6 is 34.8 Å². The molecule has 2 aromatic carbocycles. The van der Waals surface area contributed by atoms with Crippen LogP contribution in [0.2, 0.25) is 15.1 Å². The van der Waals surface area contributed by atoms with Crippen LogP contribution in [-0.4, -0.2) is 44.3 Å². The van der Waals surface area contributed by atoms with Crippen LogP contribution in [0.3, 0.4) is 0 Å². The average Bonchev–Trinajstić information content (AvgIpc) is 2.72. The first-order chi connectivity index (χ1) is 16.2. The third-order valence-electron chi connectivity index (χ3n) is 4.11. The second-order valence-corrected chi connectivity index (χ2v) is 11.0. The smallest absolute Gasteiger partial charge is 0.407 e. The lowest BCUT2D eigenvalue weighted by Gasteiger charge is -2.19. The maximum atomic E-state index is 12.7. The molecule has 0 saturated carbocycles. The van der Waals surface area contributed by atoms with E-state index >= 15 is 0 Å². The largest absolute Gasteiger partial charge is 0.504 e. The second kappa shape index (κ2) is 12.0. The summed E-state index contributed by atoms with van der Waals surface area (Å²) in [5.74, 6) is -0.760. The van der Waals surface area contributed by atoms with Crippen molar-refractivity contribution >= 4 is 68.3 Å². The van der Waals surface area contributed by atoms with Crippen LogP contribution < -0.4 is 20.7 Å². The number of amides is 3. The molecule has 0 aliphatic rings. The third kappa shape index (κ3) is 8.62. The fourth-order valence-corrected chi connectivity index (χ4v) is 4.70. The van der Waals surface area contributed by atoms with Crippen molar-refractivity contribution in [2.24, 2.45) is 0 Å². The summed E-state index contributed by atoms with van der Waals surface area (Å²) in [5, 5.41) is 17.9. The number of ether oxygens (including phenoxy) is 1. The van der Waals surface area contributed by atoms with E-state index in [2.05, 4.69) is 20.7 Å². The number of aromatic hydroxyl groups is 1. The molecule has 35 heavy (non-hydrogen) atoms. The molecule has 2 aromatic rings. The number of carbonyl (C=O) groups excluding carboxylic acids is 2. The summed E-state index contributed by atoms with van der Waals surface area (Å²) in [6.45, 7) is 5.23. The number of hydrogen-bond donors (Lipinski definition) is 5. The molecule has 3 amide bonds. The van der Waals surface area contributed by atoms with Gasteiger partial charge in [0.2, 0.25) is 10.0 Å². The average molecular weight is 568 g/mol. The lowest BCUT2D eigenvalue weighted by molar-refractivity contribution is 0.0527. The van der Waals surface area contributed by atoms with Gasteiger partial charge in [0, 0.05) is 13.1 Å². The number of phenolic OH excluding ortho intramolecular Hbond substituents is 1. The molecule has 0 atom stereocenters. The van der Waals surface area contributed by atoms with E-state index in [9.17, 15) is 23.1 Å². The monoisotopic (exact) mass is 566 g/mol. The van der Waals surface area contributed by atoms with Crippen LogP contribution in [0, 0.1) is 0 Å². The van der Waals surface area contributed by atoms with Crippen molar-refractivity contribution in [2.75, 3.05) is 23.7 Å². The molecule has 0 fully saturated rings. The van der Waals surface area contributed by atoms with Gasteiger partial charge < -0.3 is 25.8 Å². The normalized spacial score (nSPS) is 11.6. The summed E-state index contributed by atoms with van der Waals surface area (Å²) in [7, 11) is -4.27. The molecule has 5 N–H and O–H groups in total. The molecule has 0 bridgehead atoms. The zero-order valence-corrected chi connectivity index (χ0v) is 22.1. The van der Waals surface area contributed by atoms with Crippen LogP contribution in [0.1, 0.15) is 27.2 Å². The Morgan fingerprint density at radius 3 is 2.29 bits per heavy atom. The van der Waals surface area contributed by atoms with Gasteiger partial charge in [0.15, 0.2) is 5.75 Å². The third-order valence-corrected chi connectivity index (χ3v) is 6.89. The van der Waals surface area contributed by atoms with E-state index in [1.807, 2.05) is 0 Å². The second-order valence-electron chi connectivity index (χ2n) is 8.13. The van der Waals surface area contributed by atoms with Crippen molar-refractivity contribution in [3.63, 3.8) is 0 Å². The molecule has 192 valence electrons. The molecule has 0 aromatic heterocycles. The molecule has 0 unspecified atom stereocenters. The highest BCUT2D eigenvalue weighted by atomic mass is 35.5. The lowest BCUT2D eigenvalue weighted by Crippen LogP contribution is -2.34. The van der Waals surface area contributed by atoms with Crippen LogP contribution in [-0.2, 0) is 14.8 Å². The van der Waals surface area contributed by atoms with E-state index < -0.39 is 38.4 Å². The van der Waals surface area contributed by atoms with Crippen LogP contribution in [0.5, 0.6) is 5.75 Å². The summed E-state index contributed by atoms with van der Waals surface area (Å²) in [6, 6.07) is 6.25. The number of sulfonamides is 1. The Bertz CT molecular complexity index is 1200. The SMILES string of the molecule is CC(C)(C)OC(=O)NCCCNS(=O)(=O)c1c(Cl)ccc(NC(=O)Nc2cccc(Cl)c2Cl)c1O. The van der Waals surface area contributed by atoms with Gasteiger partial charge in [0.05, 0.1) is 26.4 Å². The lowest BCUT2D eigenvalue weighted by atomic mass is 10.2. The molecule has 0 saturated heterocycles. The van der Waals surface area contributed by atoms with E-state index in [4.69, 9.17) is 39.5 Å². The maximum absolute atomic E-state index is 12.7. The molecule has 14 heteroatoms. The zero-order valence-electron chi connectivity index (χ0n) is 19.0. The van der Waals surface area contributed by atoms with Gasteiger partial charge in [-0.25, -0.2) is 22.7 Å². The molecule has 0 spiro atoms. The maximum Gasteiger partial charge on any atom is 0.407 e. The molecular weight excluding hydrogens is 543 g/mol. The minimum absolute atomic E-state index is 0.0701. The van der Waals surface area contributed by atoms with Crippen molar-refractivity contribution in [3.8, 4) is 5.75 Å². The standard InChI is InChI=1S/C21H25Cl3N4O6S/c1-21(2,3)34-20(31)25-10-5-11-26-35(32,33)18-13(23)8-9-15(17(18)29)28-19(30)27-14-7-4-6-12(22)16(14)24/h4,6-9,26,29H,5,10-11H2,1-3H3,(H,25,31)(H2,27,28,30). The quantitative estimate of drug-likeness (QED) is 0.219. The first-order valence-electron chi connectivity index (χ1n) is 10.2. The number of phenols is 1. The van der Waals surface area contributed by atoms with Crippen LogP contribution in [0.4, 0.5) is 21.0 Å². The molecule has 2 rings (SSSR count). The number of alkyl carbamates (subject to hydrolysis) is 1. The van der Waals surface area contributed by atoms with Gasteiger partial charge >= 0.3 is 12.1 Å². The predicted molar refractivity (Wildman–Crippen MR) is 136 cm³/mol. The van der Waals surface area contributed by atoms with Crippen molar-refractivity contribution in [2.45, 2.75) is 37.7 Å². The number of nitrogens with one attached hydrogen (secondary N) is 4. The molecule has 0 aliphatic heterocycles. The van der Waals surface area contributed by atoms with E-state index in [0.717, 1.165) is 0 Å². The number of halogens is 3. The summed E-state index contributed by atoms with van der Waals surface area (Å²) >= 11 is 18.0. The topological polar surface area (TPSA) is 146 Å². The highest BCUT2D eigenvalue weighted by Crippen LogP contribution is 2.37. The Kier molecular flexibility index (Phi) is 9.87. The predicted octanol–water partition coefficient (Wildman–Crippen LogP) is 5.19. The highest BCUT2D eigenvalue weighted by molar-refractivity contribution is 7.89. The van der Waals surface area contributed by atoms with E-state index in [-0.39, 0.29) is 46.0 Å². The van der Waals surface area contributed by atoms with Crippen molar-refractivity contribution in [1.29, 1.82) is 0 Å². The fourth-order valence-electron chi connectivity index (χ4n) is 2.65. The minimum Gasteiger partial charge on any atom is -0.504 e. The van der Waals surface area contributed by atoms with Crippen molar-refractivity contribution < 1.29 is 27.9 Å². The van der Waals surface area contributed by atoms with Gasteiger partial charge in [-0.3, -0.25) is 0 Å². The van der Waals surface area contributed by atoms with Crippen molar-refractivity contribution in [1.82, 2.24) is 10.0 Å². The van der Waals surface area contributed by atoms with Gasteiger partial charge in [0.1, 0.15) is 10.5 Å². The molecule has 10 nitrogen and oxygen atoms in total. The Balaban J connectivity index is 2.03. The molecule has 0 radical (unpaired) electrons. The Morgan fingerprint density at radius 1 is 0.971 bits per heavy atom. The first kappa shape index (κ1) is 28.8. The number of urea groups is 1. The fraction of sp³-hybridized carbons (Fsp3) is 0.333. The number of carbonyl (C=O) groups is 2. The number of rotatable bonds is 8. The number of anilines is 2. The Morgan fingerprint density at radius 2 is 1.63 bits per heavy atom. The van der Waals surface area contributed by atoms with Gasteiger partial charge in [-0.05, 0) is 51.5 Å². The van der Waals surface area contributed by atoms with E-state index in [1.54, 1.807) is 26.8 Å². The minimum atomic E-state index is -4.27. The van der Waals surface area contributed by atoms with E-state index in [0.29, 0.717) is 0 Å². The molecule has 0 heterocycles.